The van der Waals surface area contributed by atoms with Crippen molar-refractivity contribution in [3.8, 4) is 17.6 Å². The highest BCUT2D eigenvalue weighted by molar-refractivity contribution is 9.10. The quantitative estimate of drug-likeness (QED) is 0.295. The van der Waals surface area contributed by atoms with Gasteiger partial charge in [0, 0.05) is 23.8 Å². The zero-order valence-corrected chi connectivity index (χ0v) is 22.1. The smallest absolute Gasteiger partial charge is 0.264 e. The lowest BCUT2D eigenvalue weighted by Gasteiger charge is -2.13. The molecule has 0 unspecified atom stereocenters. The second kappa shape index (κ2) is 11.9. The molecule has 0 aliphatic carbocycles. The van der Waals surface area contributed by atoms with Crippen LogP contribution in [-0.4, -0.2) is 20.2 Å². The number of nitriles is 1. The number of nitrogens with one attached hydrogen (secondary N) is 2. The van der Waals surface area contributed by atoms with Gasteiger partial charge in [0.2, 0.25) is 11.8 Å². The number of rotatable bonds is 8. The molecule has 0 aliphatic rings. The van der Waals surface area contributed by atoms with Gasteiger partial charge in [-0.1, -0.05) is 36.1 Å². The summed E-state index contributed by atoms with van der Waals surface area (Å²) >= 11 is 15.2. The molecule has 3 aromatic carbocycles. The van der Waals surface area contributed by atoms with Crippen LogP contribution in [0.5, 0.6) is 11.5 Å². The number of benzene rings is 3. The molecule has 2 N–H and O–H groups in total. The summed E-state index contributed by atoms with van der Waals surface area (Å²) in [6.07, 6.45) is -4.01. The van der Waals surface area contributed by atoms with Crippen LogP contribution >= 0.6 is 39.1 Å². The lowest BCUT2D eigenvalue weighted by atomic mass is 10.1. The number of ether oxygens (including phenoxy) is 1. The van der Waals surface area contributed by atoms with E-state index in [0.29, 0.717) is 0 Å². The number of hydrogen-bond acceptors (Lipinski definition) is 6. The standard InChI is InChI=1S/C24H17BrCl2FN3O5S/c1-2-21(32)31-37(34,35)17-4-6-20(19(27)11-17)30-22(33)9-14-3-5-18(25)24(23(14)28)36-16-8-13(12-29)7-15(26)10-16/h3-8,10-11H,2,9H2,1H3,(H,30,33)(H,31,32)/i1D3,2D2,31+1. The van der Waals surface area contributed by atoms with Gasteiger partial charge < -0.3 is 10.1 Å². The molecule has 0 saturated heterocycles. The maximum Gasteiger partial charge on any atom is 0.264 e. The van der Waals surface area contributed by atoms with Gasteiger partial charge in [-0.25, -0.2) is 17.5 Å². The molecule has 37 heavy (non-hydrogen) atoms. The zero-order chi connectivity index (χ0) is 31.6. The molecule has 3 rings (SSSR count). The minimum atomic E-state index is -4.75. The van der Waals surface area contributed by atoms with E-state index in [-0.39, 0.29) is 42.8 Å². The average Bonchev–Trinajstić information content (AvgIpc) is 2.88. The number of amides is 2. The van der Waals surface area contributed by atoms with E-state index in [1.807, 2.05) is 6.07 Å². The molecule has 0 bridgehead atoms. The van der Waals surface area contributed by atoms with E-state index in [0.717, 1.165) is 18.2 Å². The highest BCUT2D eigenvalue weighted by Gasteiger charge is 2.20. The summed E-state index contributed by atoms with van der Waals surface area (Å²) < 4.78 is 83.5. The van der Waals surface area contributed by atoms with Crippen molar-refractivity contribution in [2.75, 3.05) is 5.32 Å². The summed E-state index contributed by atoms with van der Waals surface area (Å²) in [6, 6.07) is 11.6. The molecule has 0 saturated carbocycles. The Morgan fingerprint density at radius 3 is 2.62 bits per heavy atom. The third-order valence-corrected chi connectivity index (χ3v) is 7.05. The Morgan fingerprint density at radius 1 is 1.19 bits per heavy atom. The Bertz CT molecular complexity index is 1740. The topological polar surface area (TPSA) is 125 Å². The molecule has 192 valence electrons. The van der Waals surface area contributed by atoms with Gasteiger partial charge in [0.25, 0.3) is 10.0 Å². The van der Waals surface area contributed by atoms with E-state index in [4.69, 9.17) is 40.1 Å². The molecule has 0 fully saturated rings. The third-order valence-electron chi connectivity index (χ3n) is 4.57. The monoisotopic (exact) mass is 633 g/mol. The maximum absolute atomic E-state index is 15.3. The summed E-state index contributed by atoms with van der Waals surface area (Å²) in [6.45, 7) is -3.43. The first-order valence-corrected chi connectivity index (χ1v) is 12.9. The highest BCUT2D eigenvalue weighted by atomic mass is 79.9. The van der Waals surface area contributed by atoms with Gasteiger partial charge in [-0.15, -0.1) is 0 Å². The minimum absolute atomic E-state index is 0.0767. The molecular formula is C24H17BrCl2FN3O5S. The van der Waals surface area contributed by atoms with Crippen LogP contribution in [0.4, 0.5) is 10.1 Å². The van der Waals surface area contributed by atoms with Crippen molar-refractivity contribution >= 4 is 66.7 Å². The van der Waals surface area contributed by atoms with Crippen molar-refractivity contribution in [2.45, 2.75) is 24.5 Å². The van der Waals surface area contributed by atoms with Gasteiger partial charge >= 0.3 is 0 Å². The van der Waals surface area contributed by atoms with Crippen LogP contribution in [-0.2, 0) is 26.0 Å². The van der Waals surface area contributed by atoms with E-state index in [2.05, 4.69) is 21.2 Å². The summed E-state index contributed by atoms with van der Waals surface area (Å²) in [5.41, 5.74) is 0.00986. The largest absolute Gasteiger partial charge is 0.453 e. The van der Waals surface area contributed by atoms with Crippen LogP contribution in [0, 0.1) is 17.1 Å². The Labute approximate surface area is 237 Å². The van der Waals surface area contributed by atoms with E-state index in [1.54, 1.807) is 0 Å². The zero-order valence-electron chi connectivity index (χ0n) is 23.2. The van der Waals surface area contributed by atoms with Crippen molar-refractivity contribution in [1.29, 1.82) is 5.26 Å². The van der Waals surface area contributed by atoms with Crippen LogP contribution < -0.4 is 14.8 Å². The first-order chi connectivity index (χ1) is 19.4. The summed E-state index contributed by atoms with van der Waals surface area (Å²) in [7, 11) is -4.75. The number of hydrogen-bond donors (Lipinski definition) is 2. The number of anilines is 1. The molecule has 0 spiro atoms. The van der Waals surface area contributed by atoms with E-state index in [1.165, 1.54) is 35.1 Å². The van der Waals surface area contributed by atoms with Gasteiger partial charge in [-0.3, -0.25) is 9.59 Å². The predicted octanol–water partition coefficient (Wildman–Crippen LogP) is 5.96. The molecule has 0 aliphatic heterocycles. The Balaban J connectivity index is 1.77. The third kappa shape index (κ3) is 7.20. The fraction of sp³-hybridized carbons (Fsp3) is 0.125. The second-order valence-electron chi connectivity index (χ2n) is 7.17. The predicted molar refractivity (Wildman–Crippen MR) is 140 cm³/mol. The fourth-order valence-electron chi connectivity index (χ4n) is 2.95. The van der Waals surface area contributed by atoms with Crippen molar-refractivity contribution < 1.29 is 34.0 Å². The van der Waals surface area contributed by atoms with Gasteiger partial charge in [0.1, 0.15) is 5.75 Å². The van der Waals surface area contributed by atoms with Gasteiger partial charge in [-0.2, -0.15) is 5.26 Å². The molecule has 3 aromatic rings. The first-order valence-electron chi connectivity index (χ1n) is 12.4. The molecular weight excluding hydrogens is 613 g/mol. The molecule has 8 nitrogen and oxygen atoms in total. The van der Waals surface area contributed by atoms with E-state index < -0.39 is 52.2 Å². The van der Waals surface area contributed by atoms with E-state index in [9.17, 15) is 18.0 Å². The normalized spacial score (nSPS) is 13.6. The molecule has 2 amide bonds. The molecule has 0 atom stereocenters. The van der Waals surface area contributed by atoms with Gasteiger partial charge in [-0.05, 0) is 58.4 Å². The van der Waals surface area contributed by atoms with Gasteiger partial charge in [0.05, 0.1) is 38.1 Å². The molecule has 13 heteroatoms. The SMILES string of the molecule is [2H]C([2H])([2H])C([2H])([2H])C(=O)[15NH]S(=O)(=O)c1ccc(NC(=O)Cc2ccc(Br)c(Oc3cc(Cl)cc(C#N)c3)c2F)c(Cl)c1. The van der Waals surface area contributed by atoms with Crippen molar-refractivity contribution in [3.05, 3.63) is 80.0 Å². The number of carbonyl (C=O) groups is 2. The lowest BCUT2D eigenvalue weighted by Crippen LogP contribution is -2.29. The summed E-state index contributed by atoms with van der Waals surface area (Å²) in [4.78, 5) is 24.1. The summed E-state index contributed by atoms with van der Waals surface area (Å²) in [5, 5.41) is 11.4. The second-order valence-corrected chi connectivity index (χ2v) is 10.5. The fourth-order valence-corrected chi connectivity index (χ4v) is 4.78. The highest BCUT2D eigenvalue weighted by Crippen LogP contribution is 2.36. The van der Waals surface area contributed by atoms with Crippen LogP contribution in [0.3, 0.4) is 0 Å². The van der Waals surface area contributed by atoms with Crippen LogP contribution in [0.15, 0.2) is 57.9 Å². The first kappa shape index (κ1) is 21.9. The number of halogens is 4. The number of carbonyl (C=O) groups excluding carboxylic acids is 2. The molecule has 0 heterocycles. The summed E-state index contributed by atoms with van der Waals surface area (Å²) in [5.74, 6) is -3.75. The van der Waals surface area contributed by atoms with Crippen molar-refractivity contribution in [3.63, 3.8) is 0 Å². The van der Waals surface area contributed by atoms with Crippen LogP contribution in [0.2, 0.25) is 10.0 Å². The maximum atomic E-state index is 15.3. The Hall–Kier alpha value is -3.17. The van der Waals surface area contributed by atoms with Crippen molar-refractivity contribution in [1.82, 2.24) is 4.72 Å². The molecule has 0 radical (unpaired) electrons. The van der Waals surface area contributed by atoms with Crippen LogP contribution in [0.25, 0.3) is 0 Å². The van der Waals surface area contributed by atoms with Crippen molar-refractivity contribution in [2.24, 2.45) is 0 Å². The number of nitrogens with zero attached hydrogens (tertiary/aromatic N) is 1. The van der Waals surface area contributed by atoms with Gasteiger partial charge in [0.15, 0.2) is 11.6 Å². The van der Waals surface area contributed by atoms with Crippen LogP contribution in [0.1, 0.15) is 31.2 Å². The Kier molecular flexibility index (Phi) is 7.04. The lowest BCUT2D eigenvalue weighted by molar-refractivity contribution is -0.119. The number of sulfonamides is 1. The van der Waals surface area contributed by atoms with E-state index >= 15 is 4.39 Å². The minimum Gasteiger partial charge on any atom is -0.453 e. The average molecular weight is 635 g/mol. The Morgan fingerprint density at radius 2 is 1.95 bits per heavy atom. The molecule has 0 aromatic heterocycles.